The molecule has 7 heteroatoms. The van der Waals surface area contributed by atoms with Crippen molar-refractivity contribution in [3.05, 3.63) is 92.8 Å². The lowest BCUT2D eigenvalue weighted by Crippen LogP contribution is -2.27. The Labute approximate surface area is 170 Å². The molecule has 3 rings (SSSR count). The fourth-order valence-corrected chi connectivity index (χ4v) is 3.09. The van der Waals surface area contributed by atoms with E-state index in [0.717, 1.165) is 0 Å². The minimum Gasteiger partial charge on any atom is -0.324 e. The molecule has 2 amide bonds. The first-order valence-electron chi connectivity index (χ1n) is 8.56. The third-order valence-electron chi connectivity index (χ3n) is 4.15. The van der Waals surface area contributed by atoms with Gasteiger partial charge in [0.1, 0.15) is 6.54 Å². The van der Waals surface area contributed by atoms with Crippen LogP contribution in [-0.2, 0) is 11.3 Å². The van der Waals surface area contributed by atoms with Gasteiger partial charge in [0, 0.05) is 33.7 Å². The number of rotatable bonds is 5. The molecule has 1 heterocycles. The third kappa shape index (κ3) is 4.75. The highest BCUT2D eigenvalue weighted by molar-refractivity contribution is 9.10. The molecule has 28 heavy (non-hydrogen) atoms. The van der Waals surface area contributed by atoms with Crippen LogP contribution in [0.2, 0.25) is 0 Å². The molecule has 0 saturated heterocycles. The van der Waals surface area contributed by atoms with Gasteiger partial charge in [-0.05, 0) is 58.7 Å². The minimum atomic E-state index is -0.357. The highest BCUT2D eigenvalue weighted by Gasteiger charge is 2.14. The lowest BCUT2D eigenvalue weighted by atomic mass is 10.1. The molecule has 0 spiro atoms. The van der Waals surface area contributed by atoms with Gasteiger partial charge in [0.2, 0.25) is 5.91 Å². The fraction of sp³-hybridized carbons (Fsp3) is 0.0952. The maximum Gasteiger partial charge on any atom is 0.256 e. The van der Waals surface area contributed by atoms with Gasteiger partial charge in [-0.1, -0.05) is 24.3 Å². The Bertz CT molecular complexity index is 1080. The summed E-state index contributed by atoms with van der Waals surface area (Å²) in [4.78, 5) is 36.8. The third-order valence-corrected chi connectivity index (χ3v) is 4.61. The second-order valence-corrected chi connectivity index (χ2v) is 7.08. The molecule has 0 bridgehead atoms. The van der Waals surface area contributed by atoms with Crippen LogP contribution in [-0.4, -0.2) is 16.4 Å². The van der Waals surface area contributed by atoms with Crippen molar-refractivity contribution in [1.29, 1.82) is 0 Å². The van der Waals surface area contributed by atoms with Gasteiger partial charge < -0.3 is 15.2 Å². The topological polar surface area (TPSA) is 80.2 Å². The number of pyridine rings is 1. The van der Waals surface area contributed by atoms with Crippen molar-refractivity contribution < 1.29 is 9.59 Å². The second-order valence-electron chi connectivity index (χ2n) is 6.16. The van der Waals surface area contributed by atoms with Crippen LogP contribution in [0.3, 0.4) is 0 Å². The average Bonchev–Trinajstić information content (AvgIpc) is 2.67. The minimum absolute atomic E-state index is 0.127. The summed E-state index contributed by atoms with van der Waals surface area (Å²) < 4.78 is 2.01. The summed E-state index contributed by atoms with van der Waals surface area (Å²) in [5.41, 5.74) is 2.04. The first-order chi connectivity index (χ1) is 13.4. The Kier molecular flexibility index (Phi) is 6.06. The van der Waals surface area contributed by atoms with Gasteiger partial charge in [-0.15, -0.1) is 0 Å². The van der Waals surface area contributed by atoms with Crippen molar-refractivity contribution in [3.8, 4) is 0 Å². The molecule has 0 fully saturated rings. The van der Waals surface area contributed by atoms with Crippen LogP contribution in [0, 0.1) is 6.92 Å². The van der Waals surface area contributed by atoms with Gasteiger partial charge in [-0.25, -0.2) is 0 Å². The summed E-state index contributed by atoms with van der Waals surface area (Å²) in [6, 6.07) is 17.3. The molecule has 0 aliphatic carbocycles. The van der Waals surface area contributed by atoms with Crippen LogP contribution in [0.15, 0.2) is 76.1 Å². The number of amides is 2. The summed E-state index contributed by atoms with van der Waals surface area (Å²) in [5.74, 6) is -0.619. The molecule has 2 aromatic carbocycles. The predicted octanol–water partition coefficient (Wildman–Crippen LogP) is 3.81. The van der Waals surface area contributed by atoms with Crippen molar-refractivity contribution in [2.24, 2.45) is 0 Å². The number of halogens is 1. The van der Waals surface area contributed by atoms with Crippen molar-refractivity contribution in [1.82, 2.24) is 4.57 Å². The fourth-order valence-electron chi connectivity index (χ4n) is 2.71. The quantitative estimate of drug-likeness (QED) is 0.633. The number of benzene rings is 2. The van der Waals surface area contributed by atoms with Crippen LogP contribution in [0.1, 0.15) is 15.9 Å². The zero-order valence-corrected chi connectivity index (χ0v) is 16.7. The Morgan fingerprint density at radius 3 is 2.46 bits per heavy atom. The number of para-hydroxylation sites is 1. The van der Waals surface area contributed by atoms with Crippen LogP contribution >= 0.6 is 15.9 Å². The van der Waals surface area contributed by atoms with Gasteiger partial charge in [-0.3, -0.25) is 14.4 Å². The number of nitrogens with one attached hydrogen (secondary N) is 2. The smallest absolute Gasteiger partial charge is 0.256 e. The van der Waals surface area contributed by atoms with Gasteiger partial charge in [0.05, 0.1) is 0 Å². The molecule has 142 valence electrons. The van der Waals surface area contributed by atoms with E-state index in [0.29, 0.717) is 27.0 Å². The Balaban J connectivity index is 1.75. The number of hydrogen-bond acceptors (Lipinski definition) is 3. The molecule has 0 aliphatic rings. The summed E-state index contributed by atoms with van der Waals surface area (Å²) >= 11 is 3.28. The van der Waals surface area contributed by atoms with E-state index in [1.165, 1.54) is 10.6 Å². The van der Waals surface area contributed by atoms with Crippen molar-refractivity contribution in [2.45, 2.75) is 13.5 Å². The van der Waals surface area contributed by atoms with Crippen LogP contribution in [0.4, 0.5) is 11.4 Å². The van der Waals surface area contributed by atoms with Crippen molar-refractivity contribution in [3.63, 3.8) is 0 Å². The number of carbonyl (C=O) groups excluding carboxylic acids is 2. The van der Waals surface area contributed by atoms with E-state index >= 15 is 0 Å². The monoisotopic (exact) mass is 439 g/mol. The number of nitrogens with zero attached hydrogens (tertiary/aromatic N) is 1. The number of carbonyl (C=O) groups is 2. The Morgan fingerprint density at radius 2 is 1.71 bits per heavy atom. The molecule has 0 unspecified atom stereocenters. The van der Waals surface area contributed by atoms with E-state index in [9.17, 15) is 14.4 Å². The summed E-state index contributed by atoms with van der Waals surface area (Å²) in [6.45, 7) is 1.64. The van der Waals surface area contributed by atoms with E-state index in [1.54, 1.807) is 49.5 Å². The molecule has 0 atom stereocenters. The van der Waals surface area contributed by atoms with Gasteiger partial charge in [0.15, 0.2) is 0 Å². The molecule has 0 aliphatic heterocycles. The summed E-state index contributed by atoms with van der Waals surface area (Å²) in [5, 5.41) is 5.60. The Hall–Kier alpha value is -3.19. The normalized spacial score (nSPS) is 10.4. The molecule has 1 aromatic heterocycles. The zero-order valence-electron chi connectivity index (χ0n) is 15.1. The second kappa shape index (κ2) is 8.67. The molecule has 0 radical (unpaired) electrons. The Morgan fingerprint density at radius 1 is 0.964 bits per heavy atom. The molecule has 0 saturated carbocycles. The van der Waals surface area contributed by atoms with Gasteiger partial charge >= 0.3 is 0 Å². The van der Waals surface area contributed by atoms with Crippen LogP contribution in [0.5, 0.6) is 0 Å². The first kappa shape index (κ1) is 19.6. The van der Waals surface area contributed by atoms with E-state index < -0.39 is 0 Å². The lowest BCUT2D eigenvalue weighted by molar-refractivity contribution is -0.116. The summed E-state index contributed by atoms with van der Waals surface area (Å²) in [6.07, 6.45) is 1.55. The molecular formula is C21H18BrN3O3. The molecule has 2 N–H and O–H groups in total. The van der Waals surface area contributed by atoms with Crippen LogP contribution < -0.4 is 16.2 Å². The molecule has 3 aromatic rings. The maximum atomic E-state index is 12.6. The average molecular weight is 440 g/mol. The number of aromatic nitrogens is 1. The lowest BCUT2D eigenvalue weighted by Gasteiger charge is -2.13. The zero-order chi connectivity index (χ0) is 20.1. The van der Waals surface area contributed by atoms with Crippen molar-refractivity contribution >= 4 is 39.1 Å². The van der Waals surface area contributed by atoms with Gasteiger partial charge in [0.25, 0.3) is 11.5 Å². The molecule has 6 nitrogen and oxygen atoms in total. The predicted molar refractivity (Wildman–Crippen MR) is 113 cm³/mol. The highest BCUT2D eigenvalue weighted by Crippen LogP contribution is 2.20. The molecular weight excluding hydrogens is 422 g/mol. The SMILES string of the molecule is Cc1c(NC(=O)Cn2cc(Br)ccc2=O)cccc1C(=O)Nc1ccccc1. The maximum absolute atomic E-state index is 12.6. The first-order valence-corrected chi connectivity index (χ1v) is 9.35. The largest absolute Gasteiger partial charge is 0.324 e. The van der Waals surface area contributed by atoms with Crippen LogP contribution in [0.25, 0.3) is 0 Å². The van der Waals surface area contributed by atoms with Crippen molar-refractivity contribution in [2.75, 3.05) is 10.6 Å². The highest BCUT2D eigenvalue weighted by atomic mass is 79.9. The van der Waals surface area contributed by atoms with E-state index in [2.05, 4.69) is 26.6 Å². The van der Waals surface area contributed by atoms with Gasteiger partial charge in [-0.2, -0.15) is 0 Å². The standard InChI is InChI=1S/C21H18BrN3O3/c1-14-17(21(28)23-16-6-3-2-4-7-16)8-5-9-18(14)24-19(26)13-25-12-15(22)10-11-20(25)27/h2-12H,13H2,1H3,(H,23,28)(H,24,26). The summed E-state index contributed by atoms with van der Waals surface area (Å²) in [7, 11) is 0. The van der Waals surface area contributed by atoms with E-state index in [4.69, 9.17) is 0 Å². The number of hydrogen-bond donors (Lipinski definition) is 2. The number of anilines is 2. The van der Waals surface area contributed by atoms with E-state index in [-0.39, 0.29) is 23.9 Å². The van der Waals surface area contributed by atoms with E-state index in [1.807, 2.05) is 18.2 Å².